The van der Waals surface area contributed by atoms with E-state index < -0.39 is 42.6 Å². The Morgan fingerprint density at radius 3 is 2.17 bits per heavy atom. The van der Waals surface area contributed by atoms with Crippen molar-refractivity contribution in [2.75, 3.05) is 12.9 Å². The molecule has 2 atom stereocenters. The van der Waals surface area contributed by atoms with Crippen molar-refractivity contribution in [2.24, 2.45) is 0 Å². The van der Waals surface area contributed by atoms with E-state index in [1.807, 2.05) is 0 Å². The van der Waals surface area contributed by atoms with Crippen molar-refractivity contribution in [1.29, 1.82) is 0 Å². The predicted molar refractivity (Wildman–Crippen MR) is 95.5 cm³/mol. The van der Waals surface area contributed by atoms with Gasteiger partial charge < -0.3 is 14.8 Å². The molecule has 6 nitrogen and oxygen atoms in total. The lowest BCUT2D eigenvalue weighted by atomic mass is 10.2. The molecule has 0 aromatic rings. The van der Waals surface area contributed by atoms with Gasteiger partial charge >= 0.3 is 12.1 Å². The van der Waals surface area contributed by atoms with Gasteiger partial charge in [0.2, 0.25) is 0 Å². The summed E-state index contributed by atoms with van der Waals surface area (Å²) >= 11 is 0. The maximum absolute atomic E-state index is 12.4. The summed E-state index contributed by atoms with van der Waals surface area (Å²) < 4.78 is 22.1. The molecule has 1 N–H and O–H groups in total. The van der Waals surface area contributed by atoms with E-state index in [0.29, 0.717) is 10.9 Å². The van der Waals surface area contributed by atoms with E-state index in [0.717, 1.165) is 0 Å². The molecule has 0 rings (SSSR count). The van der Waals surface area contributed by atoms with Crippen LogP contribution in [0.4, 0.5) is 4.79 Å². The molecule has 0 aliphatic carbocycles. The van der Waals surface area contributed by atoms with Gasteiger partial charge in [0.25, 0.3) is 0 Å². The smallest absolute Gasteiger partial charge is 0.408 e. The van der Waals surface area contributed by atoms with Crippen LogP contribution in [0.3, 0.4) is 0 Å². The lowest BCUT2D eigenvalue weighted by Gasteiger charge is -2.23. The van der Waals surface area contributed by atoms with Gasteiger partial charge in [-0.2, -0.15) is 0 Å². The monoisotopic (exact) mass is 363 g/mol. The summed E-state index contributed by atoms with van der Waals surface area (Å²) in [5, 5.41) is 2.41. The van der Waals surface area contributed by atoms with E-state index in [-0.39, 0.29) is 5.75 Å². The Morgan fingerprint density at radius 1 is 1.26 bits per heavy atom. The van der Waals surface area contributed by atoms with Crippen LogP contribution in [0.2, 0.25) is 25.7 Å². The number of methoxy groups -OCH3 is 1. The van der Waals surface area contributed by atoms with Gasteiger partial charge in [-0.25, -0.2) is 9.59 Å². The molecule has 0 aromatic carbocycles. The van der Waals surface area contributed by atoms with E-state index in [9.17, 15) is 13.8 Å². The van der Waals surface area contributed by atoms with Crippen LogP contribution < -0.4 is 5.32 Å². The van der Waals surface area contributed by atoms with E-state index in [4.69, 9.17) is 4.74 Å². The van der Waals surface area contributed by atoms with Gasteiger partial charge in [0.1, 0.15) is 11.6 Å². The number of allylic oxidation sites excluding steroid dienone is 1. The van der Waals surface area contributed by atoms with Crippen molar-refractivity contribution in [3.8, 4) is 0 Å². The highest BCUT2D eigenvalue weighted by molar-refractivity contribution is 7.89. The van der Waals surface area contributed by atoms with Crippen LogP contribution in [0, 0.1) is 0 Å². The Balaban J connectivity index is 4.87. The number of amides is 1. The molecule has 0 aliphatic rings. The minimum Gasteiger partial charge on any atom is -0.467 e. The fourth-order valence-corrected chi connectivity index (χ4v) is 5.59. The highest BCUT2D eigenvalue weighted by atomic mass is 32.2. The van der Waals surface area contributed by atoms with Gasteiger partial charge in [0.05, 0.1) is 23.7 Å². The number of hydrogen-bond donors (Lipinski definition) is 1. The third-order valence-electron chi connectivity index (χ3n) is 2.54. The highest BCUT2D eigenvalue weighted by Crippen LogP contribution is 2.18. The topological polar surface area (TPSA) is 81.7 Å². The number of alkyl carbamates (subject to hydrolysis) is 1. The second kappa shape index (κ2) is 8.63. The molecule has 0 aromatic heterocycles. The molecule has 1 amide bonds. The first-order valence-corrected chi connectivity index (χ1v) is 12.4. The summed E-state index contributed by atoms with van der Waals surface area (Å²) in [6, 6.07) is -0.339. The van der Waals surface area contributed by atoms with Crippen LogP contribution in [0.5, 0.6) is 0 Å². The summed E-state index contributed by atoms with van der Waals surface area (Å²) in [7, 11) is -1.67. The van der Waals surface area contributed by atoms with E-state index in [1.54, 1.807) is 20.8 Å². The SMILES string of the molecule is C=C(C[Si](C)(C)C)[S@@](=O)C[C@H](NC(=O)OC(C)(C)C)C(=O)OC. The number of carbonyl (C=O) groups is 2. The fourth-order valence-electron chi connectivity index (χ4n) is 1.70. The van der Waals surface area contributed by atoms with Crippen LogP contribution in [0.1, 0.15) is 20.8 Å². The Hall–Kier alpha value is -1.15. The zero-order chi connectivity index (χ0) is 18.4. The first-order valence-electron chi connectivity index (χ1n) is 7.38. The van der Waals surface area contributed by atoms with E-state index in [2.05, 4.69) is 36.3 Å². The molecule has 0 heterocycles. The van der Waals surface area contributed by atoms with Gasteiger partial charge in [0.15, 0.2) is 0 Å². The minimum atomic E-state index is -1.45. The molecule has 0 spiro atoms. The molecular weight excluding hydrogens is 334 g/mol. The number of hydrogen-bond acceptors (Lipinski definition) is 5. The summed E-state index contributed by atoms with van der Waals surface area (Å²) in [5.41, 5.74) is -0.689. The molecule has 0 saturated carbocycles. The zero-order valence-electron chi connectivity index (χ0n) is 15.1. The molecular formula is C15H29NO5SSi. The van der Waals surface area contributed by atoms with Gasteiger partial charge in [-0.15, -0.1) is 0 Å². The van der Waals surface area contributed by atoms with Crippen molar-refractivity contribution in [1.82, 2.24) is 5.32 Å². The maximum Gasteiger partial charge on any atom is 0.408 e. The summed E-state index contributed by atoms with van der Waals surface area (Å²) in [6.07, 6.45) is -0.749. The zero-order valence-corrected chi connectivity index (χ0v) is 17.0. The van der Waals surface area contributed by atoms with Crippen molar-refractivity contribution >= 4 is 30.9 Å². The second-order valence-electron chi connectivity index (χ2n) is 7.51. The number of ether oxygens (including phenoxy) is 2. The van der Waals surface area contributed by atoms with Crippen LogP contribution in [-0.2, 0) is 25.1 Å². The quantitative estimate of drug-likeness (QED) is 0.555. The van der Waals surface area contributed by atoms with Crippen molar-refractivity contribution in [3.63, 3.8) is 0 Å². The van der Waals surface area contributed by atoms with Crippen molar-refractivity contribution in [2.45, 2.75) is 58.1 Å². The first-order chi connectivity index (χ1) is 10.2. The normalized spacial score (nSPS) is 14.6. The van der Waals surface area contributed by atoms with E-state index in [1.165, 1.54) is 7.11 Å². The average Bonchev–Trinajstić information content (AvgIpc) is 2.32. The van der Waals surface area contributed by atoms with Gasteiger partial charge in [-0.1, -0.05) is 26.2 Å². The third-order valence-corrected chi connectivity index (χ3v) is 5.71. The number of nitrogens with one attached hydrogen (secondary N) is 1. The number of rotatable bonds is 7. The number of esters is 1. The molecule has 0 fully saturated rings. The van der Waals surface area contributed by atoms with Crippen molar-refractivity contribution < 1.29 is 23.3 Å². The van der Waals surface area contributed by atoms with Crippen molar-refractivity contribution in [3.05, 3.63) is 11.5 Å². The minimum absolute atomic E-state index is 0.0742. The Morgan fingerprint density at radius 2 is 1.78 bits per heavy atom. The summed E-state index contributed by atoms with van der Waals surface area (Å²) in [6.45, 7) is 15.4. The van der Waals surface area contributed by atoms with Crippen LogP contribution >= 0.6 is 0 Å². The lowest BCUT2D eigenvalue weighted by Crippen LogP contribution is -2.47. The average molecular weight is 364 g/mol. The van der Waals surface area contributed by atoms with Crippen LogP contribution in [-0.4, -0.2) is 48.9 Å². The van der Waals surface area contributed by atoms with Gasteiger partial charge in [0, 0.05) is 13.0 Å². The van der Waals surface area contributed by atoms with Crippen LogP contribution in [0.25, 0.3) is 0 Å². The largest absolute Gasteiger partial charge is 0.467 e. The molecule has 0 bridgehead atoms. The second-order valence-corrected chi connectivity index (χ2v) is 14.6. The highest BCUT2D eigenvalue weighted by Gasteiger charge is 2.28. The summed E-state index contributed by atoms with van der Waals surface area (Å²) in [5.74, 6) is -0.736. The fraction of sp³-hybridized carbons (Fsp3) is 0.733. The Labute approximate surface area is 142 Å². The maximum atomic E-state index is 12.4. The molecule has 0 aliphatic heterocycles. The predicted octanol–water partition coefficient (Wildman–Crippen LogP) is 2.65. The molecule has 23 heavy (non-hydrogen) atoms. The van der Waals surface area contributed by atoms with Crippen LogP contribution in [0.15, 0.2) is 11.5 Å². The van der Waals surface area contributed by atoms with Gasteiger partial charge in [-0.3, -0.25) is 4.21 Å². The third kappa shape index (κ3) is 10.3. The van der Waals surface area contributed by atoms with Gasteiger partial charge in [-0.05, 0) is 26.8 Å². The molecule has 0 saturated heterocycles. The molecule has 8 heteroatoms. The standard InChI is InChI=1S/C15H29NO5SSi/c1-11(10-23(6,7)8)22(19)9-12(13(17)20-5)16-14(18)21-15(2,3)4/h12H,1,9-10H2,2-8H3,(H,16,18)/t12-,22-/m0/s1. The lowest BCUT2D eigenvalue weighted by molar-refractivity contribution is -0.142. The Kier molecular flexibility index (Phi) is 8.20. The summed E-state index contributed by atoms with van der Waals surface area (Å²) in [4.78, 5) is 24.2. The van der Waals surface area contributed by atoms with E-state index >= 15 is 0 Å². The molecule has 0 unspecified atom stereocenters. The Bertz CT molecular complexity index is 479. The first kappa shape index (κ1) is 21.8. The number of carbonyl (C=O) groups excluding carboxylic acids is 2. The molecule has 134 valence electrons. The molecule has 0 radical (unpaired) electrons.